The van der Waals surface area contributed by atoms with Crippen LogP contribution in [-0.4, -0.2) is 16.3 Å². The molecule has 0 aliphatic heterocycles. The fraction of sp³-hybridized carbons (Fsp3) is 0.500. The fourth-order valence-electron chi connectivity index (χ4n) is 1.87. The van der Waals surface area contributed by atoms with Crippen LogP contribution in [0.4, 0.5) is 0 Å². The van der Waals surface area contributed by atoms with Crippen LogP contribution in [0.25, 0.3) is 0 Å². The van der Waals surface area contributed by atoms with Crippen molar-refractivity contribution in [3.8, 4) is 5.75 Å². The van der Waals surface area contributed by atoms with Crippen LogP contribution in [0, 0.1) is 12.8 Å². The third kappa shape index (κ3) is 2.48. The van der Waals surface area contributed by atoms with E-state index in [-0.39, 0.29) is 18.2 Å². The van der Waals surface area contributed by atoms with E-state index in [4.69, 9.17) is 5.73 Å². The Morgan fingerprint density at radius 2 is 2.00 bits per heavy atom. The molecule has 0 aromatic heterocycles. The number of halogens is 1. The second kappa shape index (κ2) is 5.04. The molecule has 0 heterocycles. The van der Waals surface area contributed by atoms with Gasteiger partial charge in [-0.1, -0.05) is 18.2 Å². The highest BCUT2D eigenvalue weighted by molar-refractivity contribution is 5.85. The van der Waals surface area contributed by atoms with Crippen LogP contribution in [0.2, 0.25) is 0 Å². The van der Waals surface area contributed by atoms with Gasteiger partial charge in [0.1, 0.15) is 5.75 Å². The van der Waals surface area contributed by atoms with Crippen molar-refractivity contribution in [1.82, 2.24) is 0 Å². The zero-order valence-electron chi connectivity index (χ0n) is 9.26. The number of hydrogen-bond acceptors (Lipinski definition) is 3. The molecule has 2 atom stereocenters. The van der Waals surface area contributed by atoms with Crippen molar-refractivity contribution in [2.45, 2.75) is 31.9 Å². The molecule has 1 aliphatic rings. The molecular formula is C12H18ClNO2. The number of nitrogens with two attached hydrogens (primary N) is 1. The summed E-state index contributed by atoms with van der Waals surface area (Å²) in [7, 11) is 0. The number of rotatable bonds is 3. The highest BCUT2D eigenvalue weighted by atomic mass is 35.5. The summed E-state index contributed by atoms with van der Waals surface area (Å²) in [5.74, 6) is 0.532. The molecule has 2 rings (SSSR count). The van der Waals surface area contributed by atoms with Crippen LogP contribution in [0.3, 0.4) is 0 Å². The minimum atomic E-state index is -0.530. The first-order valence-electron chi connectivity index (χ1n) is 5.33. The topological polar surface area (TPSA) is 66.5 Å². The summed E-state index contributed by atoms with van der Waals surface area (Å²) < 4.78 is 0. The molecule has 0 saturated heterocycles. The number of benzene rings is 1. The Labute approximate surface area is 102 Å². The monoisotopic (exact) mass is 243 g/mol. The Balaban J connectivity index is 0.00000128. The van der Waals surface area contributed by atoms with Gasteiger partial charge in [-0.05, 0) is 31.2 Å². The van der Waals surface area contributed by atoms with Crippen molar-refractivity contribution < 1.29 is 10.2 Å². The number of aryl methyl sites for hydroxylation is 1. The normalized spacial score (nSPS) is 18.7. The summed E-state index contributed by atoms with van der Waals surface area (Å²) in [4.78, 5) is 0. The van der Waals surface area contributed by atoms with Crippen LogP contribution >= 0.6 is 12.4 Å². The summed E-state index contributed by atoms with van der Waals surface area (Å²) in [5.41, 5.74) is 7.38. The minimum Gasteiger partial charge on any atom is -0.507 e. The van der Waals surface area contributed by atoms with Gasteiger partial charge in [0.15, 0.2) is 0 Å². The zero-order valence-corrected chi connectivity index (χ0v) is 10.1. The number of hydrogen-bond donors (Lipinski definition) is 3. The third-order valence-electron chi connectivity index (χ3n) is 3.10. The van der Waals surface area contributed by atoms with Gasteiger partial charge < -0.3 is 15.9 Å². The first kappa shape index (κ1) is 13.3. The van der Waals surface area contributed by atoms with Crippen molar-refractivity contribution in [1.29, 1.82) is 0 Å². The maximum Gasteiger partial charge on any atom is 0.123 e. The largest absolute Gasteiger partial charge is 0.507 e. The molecule has 0 amide bonds. The van der Waals surface area contributed by atoms with E-state index in [1.165, 1.54) is 0 Å². The molecule has 0 unspecified atom stereocenters. The molecule has 0 spiro atoms. The Kier molecular flexibility index (Phi) is 4.19. The van der Waals surface area contributed by atoms with E-state index >= 15 is 0 Å². The van der Waals surface area contributed by atoms with E-state index in [0.717, 1.165) is 18.4 Å². The second-order valence-corrected chi connectivity index (χ2v) is 4.37. The predicted molar refractivity (Wildman–Crippen MR) is 65.8 cm³/mol. The average Bonchev–Trinajstić information content (AvgIpc) is 3.03. The SMILES string of the molecule is Cc1cccc([C@H](N)[C@H](O)C2CC2)c1O.Cl. The van der Waals surface area contributed by atoms with Gasteiger partial charge in [-0.3, -0.25) is 0 Å². The molecule has 1 aliphatic carbocycles. The molecule has 0 bridgehead atoms. The van der Waals surface area contributed by atoms with Gasteiger partial charge >= 0.3 is 0 Å². The Hall–Kier alpha value is -0.770. The molecule has 1 aromatic rings. The maximum atomic E-state index is 9.89. The number of phenolic OH excluding ortho intramolecular Hbond substituents is 1. The van der Waals surface area contributed by atoms with Crippen LogP contribution < -0.4 is 5.73 Å². The van der Waals surface area contributed by atoms with Crippen LogP contribution in [0.5, 0.6) is 5.75 Å². The van der Waals surface area contributed by atoms with E-state index in [0.29, 0.717) is 11.5 Å². The summed E-state index contributed by atoms with van der Waals surface area (Å²) in [6.45, 7) is 1.83. The van der Waals surface area contributed by atoms with Crippen molar-refractivity contribution in [2.75, 3.05) is 0 Å². The number of aromatic hydroxyl groups is 1. The first-order valence-corrected chi connectivity index (χ1v) is 5.33. The average molecular weight is 244 g/mol. The second-order valence-electron chi connectivity index (χ2n) is 4.37. The van der Waals surface area contributed by atoms with E-state index in [9.17, 15) is 10.2 Å². The van der Waals surface area contributed by atoms with Gasteiger partial charge in [-0.15, -0.1) is 12.4 Å². The molecule has 1 fully saturated rings. The Bertz CT molecular complexity index is 366. The Morgan fingerprint density at radius 3 is 2.56 bits per heavy atom. The highest BCUT2D eigenvalue weighted by Crippen LogP contribution is 2.39. The van der Waals surface area contributed by atoms with Crippen LogP contribution in [-0.2, 0) is 0 Å². The quantitative estimate of drug-likeness (QED) is 0.760. The highest BCUT2D eigenvalue weighted by Gasteiger charge is 2.35. The lowest BCUT2D eigenvalue weighted by Crippen LogP contribution is -2.28. The van der Waals surface area contributed by atoms with E-state index < -0.39 is 12.1 Å². The number of phenols is 1. The van der Waals surface area contributed by atoms with E-state index in [1.807, 2.05) is 19.1 Å². The molecule has 90 valence electrons. The van der Waals surface area contributed by atoms with E-state index in [1.54, 1.807) is 6.07 Å². The lowest BCUT2D eigenvalue weighted by molar-refractivity contribution is 0.121. The molecule has 4 heteroatoms. The molecule has 0 radical (unpaired) electrons. The lowest BCUT2D eigenvalue weighted by atomic mass is 9.96. The summed E-state index contributed by atoms with van der Waals surface area (Å²) in [5, 5.41) is 19.7. The van der Waals surface area contributed by atoms with Gasteiger partial charge in [-0.25, -0.2) is 0 Å². The third-order valence-corrected chi connectivity index (χ3v) is 3.10. The maximum absolute atomic E-state index is 9.89. The molecule has 4 N–H and O–H groups in total. The van der Waals surface area contributed by atoms with Gasteiger partial charge in [0.2, 0.25) is 0 Å². The number of aliphatic hydroxyl groups excluding tert-OH is 1. The van der Waals surface area contributed by atoms with Crippen molar-refractivity contribution in [3.63, 3.8) is 0 Å². The first-order chi connectivity index (χ1) is 7.11. The standard InChI is InChI=1S/C12H17NO2.ClH/c1-7-3-2-4-9(11(7)14)10(13)12(15)8-5-6-8;/h2-4,8,10,12,14-15H,5-6,13H2,1H3;1H/t10-,12+;/m0./s1. The summed E-state index contributed by atoms with van der Waals surface area (Å²) in [6.07, 6.45) is 1.56. The summed E-state index contributed by atoms with van der Waals surface area (Å²) in [6, 6.07) is 4.98. The van der Waals surface area contributed by atoms with Gasteiger partial charge in [0, 0.05) is 5.56 Å². The van der Waals surface area contributed by atoms with Gasteiger partial charge in [0.05, 0.1) is 12.1 Å². The van der Waals surface area contributed by atoms with Crippen molar-refractivity contribution in [3.05, 3.63) is 29.3 Å². The van der Waals surface area contributed by atoms with Crippen molar-refractivity contribution in [2.24, 2.45) is 11.7 Å². The van der Waals surface area contributed by atoms with Crippen molar-refractivity contribution >= 4 is 12.4 Å². The fourth-order valence-corrected chi connectivity index (χ4v) is 1.87. The number of para-hydroxylation sites is 1. The van der Waals surface area contributed by atoms with E-state index in [2.05, 4.69) is 0 Å². The molecular weight excluding hydrogens is 226 g/mol. The van der Waals surface area contributed by atoms with Gasteiger partial charge in [-0.2, -0.15) is 0 Å². The number of aliphatic hydroxyl groups is 1. The lowest BCUT2D eigenvalue weighted by Gasteiger charge is -2.20. The predicted octanol–water partition coefficient (Wildman–Crippen LogP) is 1.89. The Morgan fingerprint density at radius 1 is 1.38 bits per heavy atom. The molecule has 3 nitrogen and oxygen atoms in total. The zero-order chi connectivity index (χ0) is 11.0. The smallest absolute Gasteiger partial charge is 0.123 e. The minimum absolute atomic E-state index is 0. The van der Waals surface area contributed by atoms with Gasteiger partial charge in [0.25, 0.3) is 0 Å². The molecule has 1 aromatic carbocycles. The van der Waals surface area contributed by atoms with Crippen LogP contribution in [0.15, 0.2) is 18.2 Å². The molecule has 1 saturated carbocycles. The molecule has 16 heavy (non-hydrogen) atoms. The summed E-state index contributed by atoms with van der Waals surface area (Å²) >= 11 is 0. The van der Waals surface area contributed by atoms with Crippen LogP contribution in [0.1, 0.15) is 30.0 Å².